The van der Waals surface area contributed by atoms with Crippen molar-refractivity contribution in [2.24, 2.45) is 0 Å². The van der Waals surface area contributed by atoms with Gasteiger partial charge in [-0.15, -0.1) is 0 Å². The lowest BCUT2D eigenvalue weighted by molar-refractivity contribution is -0.135. The van der Waals surface area contributed by atoms with Crippen molar-refractivity contribution in [3.8, 4) is 0 Å². The largest absolute Gasteiger partial charge is 0.480 e. The summed E-state index contributed by atoms with van der Waals surface area (Å²) in [6.45, 7) is 4.72. The average molecular weight is 251 g/mol. The molecule has 0 unspecified atom stereocenters. The van der Waals surface area contributed by atoms with Gasteiger partial charge in [0.25, 0.3) is 0 Å². The SMILES string of the molecule is CCCCOCCOCCO.CNCC(=O)O. The molecule has 0 aliphatic carbocycles. The molecular weight excluding hydrogens is 226 g/mol. The number of likely N-dealkylation sites (N-methyl/N-ethyl adjacent to an activating group) is 1. The molecule has 0 atom stereocenters. The first kappa shape index (κ1) is 18.7. The first-order valence-electron chi connectivity index (χ1n) is 5.81. The van der Waals surface area contributed by atoms with Crippen LogP contribution in [0.3, 0.4) is 0 Å². The predicted molar refractivity (Wildman–Crippen MR) is 65.2 cm³/mol. The monoisotopic (exact) mass is 251 g/mol. The minimum atomic E-state index is -0.822. The Morgan fingerprint density at radius 3 is 2.12 bits per heavy atom. The Balaban J connectivity index is 0. The third kappa shape index (κ3) is 25.5. The van der Waals surface area contributed by atoms with Crippen molar-refractivity contribution in [2.45, 2.75) is 19.8 Å². The lowest BCUT2D eigenvalue weighted by Gasteiger charge is -2.02. The van der Waals surface area contributed by atoms with E-state index in [9.17, 15) is 4.79 Å². The molecule has 6 nitrogen and oxygen atoms in total. The highest BCUT2D eigenvalue weighted by Crippen LogP contribution is 1.87. The van der Waals surface area contributed by atoms with E-state index in [0.717, 1.165) is 19.4 Å². The lowest BCUT2D eigenvalue weighted by atomic mass is 10.4. The molecule has 0 fully saturated rings. The van der Waals surface area contributed by atoms with Crippen LogP contribution in [-0.2, 0) is 14.3 Å². The maximum atomic E-state index is 9.54. The molecule has 0 aliphatic rings. The minimum absolute atomic E-state index is 0.0417. The van der Waals surface area contributed by atoms with E-state index < -0.39 is 5.97 Å². The summed E-state index contributed by atoms with van der Waals surface area (Å²) in [4.78, 5) is 9.54. The van der Waals surface area contributed by atoms with Gasteiger partial charge in [-0.3, -0.25) is 4.79 Å². The highest BCUT2D eigenvalue weighted by Gasteiger charge is 1.88. The fourth-order valence-corrected chi connectivity index (χ4v) is 0.784. The van der Waals surface area contributed by atoms with Crippen LogP contribution in [0, 0.1) is 0 Å². The molecule has 0 saturated heterocycles. The van der Waals surface area contributed by atoms with Gasteiger partial charge in [0.2, 0.25) is 0 Å². The fourth-order valence-electron chi connectivity index (χ4n) is 0.784. The van der Waals surface area contributed by atoms with E-state index in [1.54, 1.807) is 7.05 Å². The van der Waals surface area contributed by atoms with Crippen molar-refractivity contribution in [2.75, 3.05) is 46.6 Å². The summed E-state index contributed by atoms with van der Waals surface area (Å²) in [5.41, 5.74) is 0. The minimum Gasteiger partial charge on any atom is -0.480 e. The summed E-state index contributed by atoms with van der Waals surface area (Å²) in [5, 5.41) is 18.7. The van der Waals surface area contributed by atoms with Crippen LogP contribution in [0.2, 0.25) is 0 Å². The number of carboxylic acids is 1. The van der Waals surface area contributed by atoms with Gasteiger partial charge in [0, 0.05) is 6.61 Å². The highest BCUT2D eigenvalue weighted by molar-refractivity contribution is 5.68. The Hall–Kier alpha value is -0.690. The number of hydrogen-bond donors (Lipinski definition) is 3. The van der Waals surface area contributed by atoms with E-state index in [1.807, 2.05) is 0 Å². The number of nitrogens with one attached hydrogen (secondary N) is 1. The zero-order chi connectivity index (χ0) is 13.4. The van der Waals surface area contributed by atoms with Crippen LogP contribution in [0.25, 0.3) is 0 Å². The van der Waals surface area contributed by atoms with Crippen molar-refractivity contribution in [3.63, 3.8) is 0 Å². The summed E-state index contributed by atoms with van der Waals surface area (Å²) in [6.07, 6.45) is 2.28. The average Bonchev–Trinajstić information content (AvgIpc) is 2.29. The zero-order valence-corrected chi connectivity index (χ0v) is 10.8. The second-order valence-electron chi connectivity index (χ2n) is 3.23. The summed E-state index contributed by atoms with van der Waals surface area (Å²) < 4.78 is 10.2. The number of ether oxygens (including phenoxy) is 2. The predicted octanol–water partition coefficient (Wildman–Crippen LogP) is 0.102. The number of aliphatic carboxylic acids is 1. The zero-order valence-electron chi connectivity index (χ0n) is 10.8. The topological polar surface area (TPSA) is 88.0 Å². The third-order valence-electron chi connectivity index (χ3n) is 1.58. The fraction of sp³-hybridized carbons (Fsp3) is 0.909. The van der Waals surface area contributed by atoms with Crippen LogP contribution in [0.15, 0.2) is 0 Å². The molecule has 0 bridgehead atoms. The van der Waals surface area contributed by atoms with E-state index in [2.05, 4.69) is 12.2 Å². The molecule has 0 aromatic carbocycles. The Labute approximate surface area is 103 Å². The van der Waals surface area contributed by atoms with Crippen LogP contribution in [-0.4, -0.2) is 62.8 Å². The first-order valence-corrected chi connectivity index (χ1v) is 5.81. The quantitative estimate of drug-likeness (QED) is 0.477. The number of unbranched alkanes of at least 4 members (excludes halogenated alkanes) is 1. The summed E-state index contributed by atoms with van der Waals surface area (Å²) in [5.74, 6) is -0.822. The number of aliphatic hydroxyl groups is 1. The standard InChI is InChI=1S/C8H18O3.C3H7NO2/c1-2-3-5-10-7-8-11-6-4-9;1-4-2-3(5)6/h9H,2-8H2,1H3;4H,2H2,1H3,(H,5,6). The van der Waals surface area contributed by atoms with E-state index in [-0.39, 0.29) is 13.2 Å². The molecule has 0 amide bonds. The van der Waals surface area contributed by atoms with Crippen LogP contribution < -0.4 is 5.32 Å². The van der Waals surface area contributed by atoms with Gasteiger partial charge in [0.1, 0.15) is 0 Å². The van der Waals surface area contributed by atoms with E-state index in [0.29, 0.717) is 19.8 Å². The highest BCUT2D eigenvalue weighted by atomic mass is 16.5. The molecule has 0 rings (SSSR count). The molecular formula is C11H25NO5. The van der Waals surface area contributed by atoms with Gasteiger partial charge in [0.15, 0.2) is 0 Å². The molecule has 0 saturated carbocycles. The lowest BCUT2D eigenvalue weighted by Crippen LogP contribution is -2.16. The summed E-state index contributed by atoms with van der Waals surface area (Å²) in [6, 6.07) is 0. The van der Waals surface area contributed by atoms with E-state index in [1.165, 1.54) is 0 Å². The van der Waals surface area contributed by atoms with Crippen molar-refractivity contribution >= 4 is 5.97 Å². The Kier molecular flexibility index (Phi) is 19.4. The molecule has 3 N–H and O–H groups in total. The molecule has 0 spiro atoms. The van der Waals surface area contributed by atoms with Crippen molar-refractivity contribution in [1.82, 2.24) is 5.32 Å². The molecule has 0 aliphatic heterocycles. The van der Waals surface area contributed by atoms with E-state index >= 15 is 0 Å². The Morgan fingerprint density at radius 2 is 1.76 bits per heavy atom. The molecule has 17 heavy (non-hydrogen) atoms. The van der Waals surface area contributed by atoms with Crippen LogP contribution >= 0.6 is 0 Å². The molecule has 104 valence electrons. The van der Waals surface area contributed by atoms with Gasteiger partial charge in [-0.1, -0.05) is 13.3 Å². The van der Waals surface area contributed by atoms with Crippen LogP contribution in [0.1, 0.15) is 19.8 Å². The molecule has 0 aromatic heterocycles. The Morgan fingerprint density at radius 1 is 1.18 bits per heavy atom. The maximum Gasteiger partial charge on any atom is 0.317 e. The second kappa shape index (κ2) is 17.7. The number of carboxylic acid groups (broad SMARTS) is 1. The number of aliphatic hydroxyl groups excluding tert-OH is 1. The van der Waals surface area contributed by atoms with Crippen molar-refractivity contribution < 1.29 is 24.5 Å². The molecule has 0 heterocycles. The smallest absolute Gasteiger partial charge is 0.317 e. The van der Waals surface area contributed by atoms with Gasteiger partial charge >= 0.3 is 5.97 Å². The third-order valence-corrected chi connectivity index (χ3v) is 1.58. The van der Waals surface area contributed by atoms with Crippen molar-refractivity contribution in [1.29, 1.82) is 0 Å². The van der Waals surface area contributed by atoms with Crippen LogP contribution in [0.5, 0.6) is 0 Å². The van der Waals surface area contributed by atoms with Crippen molar-refractivity contribution in [3.05, 3.63) is 0 Å². The summed E-state index contributed by atoms with van der Waals surface area (Å²) >= 11 is 0. The molecule has 0 aromatic rings. The number of hydrogen-bond acceptors (Lipinski definition) is 5. The molecule has 6 heteroatoms. The normalized spacial score (nSPS) is 9.59. The van der Waals surface area contributed by atoms with Gasteiger partial charge < -0.3 is 25.0 Å². The Bertz CT molecular complexity index is 147. The van der Waals surface area contributed by atoms with E-state index in [4.69, 9.17) is 19.7 Å². The second-order valence-corrected chi connectivity index (χ2v) is 3.23. The van der Waals surface area contributed by atoms with Gasteiger partial charge in [0.05, 0.1) is 33.0 Å². The number of rotatable bonds is 10. The molecule has 0 radical (unpaired) electrons. The maximum absolute atomic E-state index is 9.54. The summed E-state index contributed by atoms with van der Waals surface area (Å²) in [7, 11) is 1.59. The van der Waals surface area contributed by atoms with Gasteiger partial charge in [-0.2, -0.15) is 0 Å². The number of carbonyl (C=O) groups is 1. The first-order chi connectivity index (χ1) is 8.18. The van der Waals surface area contributed by atoms with Gasteiger partial charge in [-0.25, -0.2) is 0 Å². The van der Waals surface area contributed by atoms with Crippen LogP contribution in [0.4, 0.5) is 0 Å². The van der Waals surface area contributed by atoms with Gasteiger partial charge in [-0.05, 0) is 13.5 Å².